The average Bonchev–Trinajstić information content (AvgIpc) is 2.51. The van der Waals surface area contributed by atoms with Gasteiger partial charge in [0.05, 0.1) is 11.8 Å². The Morgan fingerprint density at radius 2 is 2.15 bits per heavy atom. The van der Waals surface area contributed by atoms with Crippen molar-refractivity contribution in [1.29, 1.82) is 0 Å². The highest BCUT2D eigenvalue weighted by molar-refractivity contribution is 5.18. The molecule has 1 atom stereocenters. The maximum absolute atomic E-state index is 12.0. The lowest BCUT2D eigenvalue weighted by atomic mass is 10.1. The predicted octanol–water partition coefficient (Wildman–Crippen LogP) is 2.43. The molecule has 0 bridgehead atoms. The van der Waals surface area contributed by atoms with Gasteiger partial charge in [-0.3, -0.25) is 0 Å². The molecule has 0 aliphatic carbocycles. The third-order valence-corrected chi connectivity index (χ3v) is 1.51. The molecule has 2 nitrogen and oxygen atoms in total. The smallest absolute Gasteiger partial charge is 0.415 e. The van der Waals surface area contributed by atoms with Gasteiger partial charge in [0, 0.05) is 0 Å². The minimum absolute atomic E-state index is 0.165. The molecule has 0 aromatic carbocycles. The average molecular weight is 192 g/mol. The Morgan fingerprint density at radius 1 is 1.54 bits per heavy atom. The first-order valence-corrected chi connectivity index (χ1v) is 3.40. The summed E-state index contributed by atoms with van der Waals surface area (Å²) in [4.78, 5) is 0. The highest BCUT2D eigenvalue weighted by Crippen LogP contribution is 2.33. The first-order valence-electron chi connectivity index (χ1n) is 3.40. The van der Waals surface area contributed by atoms with Crippen molar-refractivity contribution >= 4 is 0 Å². The van der Waals surface area contributed by atoms with Crippen molar-refractivity contribution in [3.63, 3.8) is 0 Å². The SMILES string of the molecule is C=C(C(O)c1ccco1)C(F)(F)F. The molecule has 0 fully saturated rings. The van der Waals surface area contributed by atoms with Crippen molar-refractivity contribution in [3.05, 3.63) is 36.3 Å². The number of alkyl halides is 3. The van der Waals surface area contributed by atoms with Gasteiger partial charge in [-0.1, -0.05) is 6.58 Å². The summed E-state index contributed by atoms with van der Waals surface area (Å²) < 4.78 is 40.6. The van der Waals surface area contributed by atoms with Crippen LogP contribution in [0.4, 0.5) is 13.2 Å². The van der Waals surface area contributed by atoms with Crippen molar-refractivity contribution < 1.29 is 22.7 Å². The fraction of sp³-hybridized carbons (Fsp3) is 0.250. The van der Waals surface area contributed by atoms with Gasteiger partial charge in [-0.25, -0.2) is 0 Å². The van der Waals surface area contributed by atoms with Gasteiger partial charge in [0.25, 0.3) is 0 Å². The van der Waals surface area contributed by atoms with E-state index in [1.54, 1.807) is 0 Å². The van der Waals surface area contributed by atoms with E-state index in [0.717, 1.165) is 0 Å². The minimum atomic E-state index is -4.60. The van der Waals surface area contributed by atoms with Crippen LogP contribution in [0.5, 0.6) is 0 Å². The fourth-order valence-electron chi connectivity index (χ4n) is 0.774. The Labute approximate surface area is 72.3 Å². The Balaban J connectivity index is 2.81. The molecule has 13 heavy (non-hydrogen) atoms. The van der Waals surface area contributed by atoms with Crippen LogP contribution in [0.15, 0.2) is 35.0 Å². The van der Waals surface area contributed by atoms with E-state index in [1.165, 1.54) is 18.4 Å². The Bertz CT molecular complexity index is 287. The fourth-order valence-corrected chi connectivity index (χ4v) is 0.774. The maximum Gasteiger partial charge on any atom is 0.415 e. The van der Waals surface area contributed by atoms with Crippen molar-refractivity contribution in [3.8, 4) is 0 Å². The number of rotatable bonds is 2. The van der Waals surface area contributed by atoms with Crippen LogP contribution < -0.4 is 0 Å². The normalized spacial score (nSPS) is 14.2. The minimum Gasteiger partial charge on any atom is -0.466 e. The molecule has 0 amide bonds. The second-order valence-electron chi connectivity index (χ2n) is 2.44. The van der Waals surface area contributed by atoms with Gasteiger partial charge >= 0.3 is 6.18 Å². The van der Waals surface area contributed by atoms with Crippen LogP contribution in [0.2, 0.25) is 0 Å². The van der Waals surface area contributed by atoms with Gasteiger partial charge in [0.2, 0.25) is 0 Å². The van der Waals surface area contributed by atoms with Crippen molar-refractivity contribution in [1.82, 2.24) is 0 Å². The molecular weight excluding hydrogens is 185 g/mol. The summed E-state index contributed by atoms with van der Waals surface area (Å²) in [6, 6.07) is 2.64. The summed E-state index contributed by atoms with van der Waals surface area (Å²) in [6.07, 6.45) is -5.25. The molecule has 1 heterocycles. The molecule has 1 rings (SSSR count). The van der Waals surface area contributed by atoms with Crippen molar-refractivity contribution in [2.45, 2.75) is 12.3 Å². The van der Waals surface area contributed by atoms with Crippen LogP contribution >= 0.6 is 0 Å². The third kappa shape index (κ3) is 2.12. The van der Waals surface area contributed by atoms with E-state index in [0.29, 0.717) is 0 Å². The first kappa shape index (κ1) is 9.85. The van der Waals surface area contributed by atoms with Crippen molar-refractivity contribution in [2.24, 2.45) is 0 Å². The van der Waals surface area contributed by atoms with E-state index in [1.807, 2.05) is 0 Å². The van der Waals surface area contributed by atoms with Crippen LogP contribution in [-0.4, -0.2) is 11.3 Å². The summed E-state index contributed by atoms with van der Waals surface area (Å²) in [5.41, 5.74) is -1.23. The lowest BCUT2D eigenvalue weighted by Crippen LogP contribution is -2.17. The monoisotopic (exact) mass is 192 g/mol. The molecule has 1 aromatic rings. The lowest BCUT2D eigenvalue weighted by Gasteiger charge is -2.13. The zero-order valence-corrected chi connectivity index (χ0v) is 6.51. The highest BCUT2D eigenvalue weighted by Gasteiger charge is 2.37. The van der Waals surface area contributed by atoms with Gasteiger partial charge in [-0.15, -0.1) is 0 Å². The van der Waals surface area contributed by atoms with Crippen LogP contribution in [-0.2, 0) is 0 Å². The van der Waals surface area contributed by atoms with E-state index < -0.39 is 17.9 Å². The molecule has 72 valence electrons. The number of hydrogen-bond acceptors (Lipinski definition) is 2. The van der Waals surface area contributed by atoms with Crippen LogP contribution in [0.3, 0.4) is 0 Å². The van der Waals surface area contributed by atoms with Gasteiger partial charge in [0.1, 0.15) is 11.9 Å². The highest BCUT2D eigenvalue weighted by atomic mass is 19.4. The number of aliphatic hydroxyl groups is 1. The molecule has 0 spiro atoms. The summed E-state index contributed by atoms with van der Waals surface area (Å²) >= 11 is 0. The molecule has 0 saturated carbocycles. The van der Waals surface area contributed by atoms with E-state index >= 15 is 0 Å². The van der Waals surface area contributed by atoms with Gasteiger partial charge in [-0.2, -0.15) is 13.2 Å². The lowest BCUT2D eigenvalue weighted by molar-refractivity contribution is -0.106. The molecular formula is C8H7F3O2. The van der Waals surface area contributed by atoms with Crippen LogP contribution in [0.1, 0.15) is 11.9 Å². The molecule has 0 saturated heterocycles. The van der Waals surface area contributed by atoms with Gasteiger partial charge in [-0.05, 0) is 12.1 Å². The topological polar surface area (TPSA) is 33.4 Å². The molecule has 0 aliphatic heterocycles. The number of furan rings is 1. The van der Waals surface area contributed by atoms with Gasteiger partial charge in [0.15, 0.2) is 0 Å². The second-order valence-corrected chi connectivity index (χ2v) is 2.44. The molecule has 0 aliphatic rings. The third-order valence-electron chi connectivity index (χ3n) is 1.51. The summed E-state index contributed by atoms with van der Waals surface area (Å²) in [7, 11) is 0. The van der Waals surface area contributed by atoms with Crippen molar-refractivity contribution in [2.75, 3.05) is 0 Å². The first-order chi connectivity index (χ1) is 5.93. The zero-order chi connectivity index (χ0) is 10.1. The number of halogens is 3. The maximum atomic E-state index is 12.0. The second kappa shape index (κ2) is 3.26. The van der Waals surface area contributed by atoms with E-state index in [9.17, 15) is 13.2 Å². The molecule has 1 unspecified atom stereocenters. The largest absolute Gasteiger partial charge is 0.466 e. The Hall–Kier alpha value is -1.23. The molecule has 1 aromatic heterocycles. The standard InChI is InChI=1S/C8H7F3O2/c1-5(8(9,10)11)7(12)6-3-2-4-13-6/h2-4,7,12H,1H2. The quantitative estimate of drug-likeness (QED) is 0.730. The molecule has 5 heteroatoms. The molecule has 0 radical (unpaired) electrons. The summed E-state index contributed by atoms with van der Waals surface area (Å²) in [5, 5.41) is 9.10. The Kier molecular flexibility index (Phi) is 2.47. The van der Waals surface area contributed by atoms with E-state index in [-0.39, 0.29) is 5.76 Å². The van der Waals surface area contributed by atoms with Gasteiger partial charge < -0.3 is 9.52 Å². The number of aliphatic hydroxyl groups excluding tert-OH is 1. The molecule has 1 N–H and O–H groups in total. The van der Waals surface area contributed by atoms with E-state index in [2.05, 4.69) is 11.0 Å². The Morgan fingerprint density at radius 3 is 2.54 bits per heavy atom. The van der Waals surface area contributed by atoms with Crippen LogP contribution in [0, 0.1) is 0 Å². The number of hydrogen-bond donors (Lipinski definition) is 1. The van der Waals surface area contributed by atoms with Crippen LogP contribution in [0.25, 0.3) is 0 Å². The summed E-state index contributed by atoms with van der Waals surface area (Å²) in [6.45, 7) is 2.75. The summed E-state index contributed by atoms with van der Waals surface area (Å²) in [5.74, 6) is -0.165. The zero-order valence-electron chi connectivity index (χ0n) is 6.51. The van der Waals surface area contributed by atoms with E-state index in [4.69, 9.17) is 5.11 Å². The predicted molar refractivity (Wildman–Crippen MR) is 38.9 cm³/mol.